The lowest BCUT2D eigenvalue weighted by molar-refractivity contribution is -0.142. The second-order valence-corrected chi connectivity index (χ2v) is 5.54. The van der Waals surface area contributed by atoms with E-state index < -0.39 is 12.0 Å². The maximum Gasteiger partial charge on any atom is 0.328 e. The van der Waals surface area contributed by atoms with Gasteiger partial charge >= 0.3 is 5.97 Å². The normalized spacial score (nSPS) is 11.5. The van der Waals surface area contributed by atoms with Crippen LogP contribution in [0.15, 0.2) is 53.3 Å². The summed E-state index contributed by atoms with van der Waals surface area (Å²) < 4.78 is 5.68. The van der Waals surface area contributed by atoms with E-state index >= 15 is 0 Å². The van der Waals surface area contributed by atoms with Crippen molar-refractivity contribution in [3.05, 3.63) is 64.4 Å². The largest absolute Gasteiger partial charge is 0.467 e. The number of pyridine rings is 1. The summed E-state index contributed by atoms with van der Waals surface area (Å²) >= 11 is 3.38. The number of halogens is 1. The van der Waals surface area contributed by atoms with Crippen LogP contribution in [-0.4, -0.2) is 30.0 Å². The van der Waals surface area contributed by atoms with Crippen molar-refractivity contribution < 1.29 is 14.3 Å². The van der Waals surface area contributed by atoms with Gasteiger partial charge in [0.1, 0.15) is 6.04 Å². The van der Waals surface area contributed by atoms with E-state index in [9.17, 15) is 9.59 Å². The summed E-state index contributed by atoms with van der Waals surface area (Å²) in [7, 11) is 1.30. The van der Waals surface area contributed by atoms with Crippen LogP contribution in [-0.2, 0) is 16.0 Å². The van der Waals surface area contributed by atoms with Crippen LogP contribution < -0.4 is 5.32 Å². The highest BCUT2D eigenvalue weighted by Gasteiger charge is 2.22. The first kappa shape index (κ1) is 16.2. The second-order valence-electron chi connectivity index (χ2n) is 4.62. The summed E-state index contributed by atoms with van der Waals surface area (Å²) in [6.45, 7) is 0. The number of carbonyl (C=O) groups excluding carboxylic acids is 2. The lowest BCUT2D eigenvalue weighted by Gasteiger charge is -2.16. The minimum absolute atomic E-state index is 0.345. The molecule has 0 unspecified atom stereocenters. The van der Waals surface area contributed by atoms with Crippen molar-refractivity contribution in [2.75, 3.05) is 7.11 Å². The number of carbonyl (C=O) groups is 2. The molecule has 1 heterocycles. The molecule has 1 N–H and O–H groups in total. The molecular formula is C16H15BrN2O3. The predicted octanol–water partition coefficient (Wildman–Crippen LogP) is 2.36. The maximum atomic E-state index is 12.2. The molecule has 0 saturated carbocycles. The van der Waals surface area contributed by atoms with E-state index in [1.807, 2.05) is 24.3 Å². The van der Waals surface area contributed by atoms with E-state index in [-0.39, 0.29) is 5.91 Å². The van der Waals surface area contributed by atoms with Crippen LogP contribution in [0.4, 0.5) is 0 Å². The average molecular weight is 363 g/mol. The Bertz CT molecular complexity index is 661. The number of hydrogen-bond donors (Lipinski definition) is 1. The van der Waals surface area contributed by atoms with Crippen LogP contribution in [0.5, 0.6) is 0 Å². The van der Waals surface area contributed by atoms with Gasteiger partial charge in [0.2, 0.25) is 0 Å². The summed E-state index contributed by atoms with van der Waals surface area (Å²) in [4.78, 5) is 28.0. The van der Waals surface area contributed by atoms with Crippen LogP contribution >= 0.6 is 15.9 Å². The van der Waals surface area contributed by atoms with Gasteiger partial charge in [0.25, 0.3) is 5.91 Å². The Labute approximate surface area is 136 Å². The van der Waals surface area contributed by atoms with Gasteiger partial charge in [0, 0.05) is 23.3 Å². The molecular weight excluding hydrogens is 348 g/mol. The summed E-state index contributed by atoms with van der Waals surface area (Å²) in [5, 5.41) is 2.68. The zero-order chi connectivity index (χ0) is 15.9. The monoisotopic (exact) mass is 362 g/mol. The molecule has 0 saturated heterocycles. The fourth-order valence-electron chi connectivity index (χ4n) is 1.97. The van der Waals surface area contributed by atoms with Crippen LogP contribution in [0.3, 0.4) is 0 Å². The standard InChI is InChI=1S/C16H15BrN2O3/c1-22-16(21)14(9-11-4-2-6-13(17)8-11)19-15(20)12-5-3-7-18-10-12/h2-8,10,14H,9H2,1H3,(H,19,20)/t14-/m1/s1. The van der Waals surface area contributed by atoms with Gasteiger partial charge in [0.15, 0.2) is 0 Å². The summed E-state index contributed by atoms with van der Waals surface area (Å²) in [6.07, 6.45) is 3.37. The van der Waals surface area contributed by atoms with Gasteiger partial charge in [-0.15, -0.1) is 0 Å². The molecule has 1 aromatic heterocycles. The number of esters is 1. The lowest BCUT2D eigenvalue weighted by Crippen LogP contribution is -2.43. The van der Waals surface area contributed by atoms with Crippen LogP contribution in [0.25, 0.3) is 0 Å². The third kappa shape index (κ3) is 4.39. The van der Waals surface area contributed by atoms with Crippen LogP contribution in [0.2, 0.25) is 0 Å². The van der Waals surface area contributed by atoms with Gasteiger partial charge < -0.3 is 10.1 Å². The molecule has 0 fully saturated rings. The molecule has 0 bridgehead atoms. The number of benzene rings is 1. The third-order valence-corrected chi connectivity index (χ3v) is 3.54. The minimum Gasteiger partial charge on any atom is -0.467 e. The fraction of sp³-hybridized carbons (Fsp3) is 0.188. The molecule has 0 spiro atoms. The molecule has 0 aliphatic rings. The first-order valence-corrected chi connectivity index (χ1v) is 7.42. The molecule has 114 valence electrons. The van der Waals surface area contributed by atoms with Crippen LogP contribution in [0, 0.1) is 0 Å². The number of hydrogen-bond acceptors (Lipinski definition) is 4. The fourth-order valence-corrected chi connectivity index (χ4v) is 2.42. The first-order valence-electron chi connectivity index (χ1n) is 6.63. The van der Waals surface area contributed by atoms with Gasteiger partial charge in [-0.3, -0.25) is 9.78 Å². The van der Waals surface area contributed by atoms with E-state index in [0.29, 0.717) is 12.0 Å². The lowest BCUT2D eigenvalue weighted by atomic mass is 10.1. The first-order chi connectivity index (χ1) is 10.6. The number of amides is 1. The van der Waals surface area contributed by atoms with E-state index in [1.54, 1.807) is 18.3 Å². The van der Waals surface area contributed by atoms with E-state index in [2.05, 4.69) is 26.2 Å². The Morgan fingerprint density at radius 3 is 2.77 bits per heavy atom. The number of aromatic nitrogens is 1. The molecule has 1 aromatic carbocycles. The predicted molar refractivity (Wildman–Crippen MR) is 85.4 cm³/mol. The quantitative estimate of drug-likeness (QED) is 0.829. The Balaban J connectivity index is 2.13. The van der Waals surface area contributed by atoms with Crippen molar-refractivity contribution in [2.45, 2.75) is 12.5 Å². The SMILES string of the molecule is COC(=O)[C@@H](Cc1cccc(Br)c1)NC(=O)c1cccnc1. The van der Waals surface area contributed by atoms with Crippen molar-refractivity contribution >= 4 is 27.8 Å². The molecule has 2 rings (SSSR count). The highest BCUT2D eigenvalue weighted by Crippen LogP contribution is 2.14. The number of nitrogens with one attached hydrogen (secondary N) is 1. The molecule has 6 heteroatoms. The molecule has 1 amide bonds. The van der Waals surface area contributed by atoms with E-state index in [4.69, 9.17) is 4.74 Å². The minimum atomic E-state index is -0.757. The molecule has 0 aliphatic heterocycles. The van der Waals surface area contributed by atoms with Gasteiger partial charge in [-0.2, -0.15) is 0 Å². The van der Waals surface area contributed by atoms with Crippen molar-refractivity contribution in [1.29, 1.82) is 0 Å². The molecule has 22 heavy (non-hydrogen) atoms. The summed E-state index contributed by atoms with van der Waals surface area (Å²) in [6, 6.07) is 10.1. The van der Waals surface area contributed by atoms with Gasteiger partial charge in [-0.05, 0) is 29.8 Å². The van der Waals surface area contributed by atoms with Gasteiger partial charge in [-0.1, -0.05) is 28.1 Å². The van der Waals surface area contributed by atoms with Crippen molar-refractivity contribution in [3.63, 3.8) is 0 Å². The number of rotatable bonds is 5. The highest BCUT2D eigenvalue weighted by atomic mass is 79.9. The zero-order valence-electron chi connectivity index (χ0n) is 12.0. The third-order valence-electron chi connectivity index (χ3n) is 3.04. The molecule has 0 radical (unpaired) electrons. The summed E-state index contributed by atoms with van der Waals surface area (Å²) in [5.41, 5.74) is 1.31. The van der Waals surface area contributed by atoms with Gasteiger partial charge in [-0.25, -0.2) is 4.79 Å². The molecule has 0 aliphatic carbocycles. The molecule has 1 atom stereocenters. The maximum absolute atomic E-state index is 12.2. The van der Waals surface area contributed by atoms with Gasteiger partial charge in [0.05, 0.1) is 12.7 Å². The molecule has 5 nitrogen and oxygen atoms in total. The Morgan fingerprint density at radius 1 is 1.32 bits per heavy atom. The second kappa shape index (κ2) is 7.70. The van der Waals surface area contributed by atoms with E-state index in [0.717, 1.165) is 10.0 Å². The Morgan fingerprint density at radius 2 is 2.14 bits per heavy atom. The van der Waals surface area contributed by atoms with Crippen molar-refractivity contribution in [2.24, 2.45) is 0 Å². The topological polar surface area (TPSA) is 68.3 Å². The summed E-state index contributed by atoms with van der Waals surface area (Å²) in [5.74, 6) is -0.851. The average Bonchev–Trinajstić information content (AvgIpc) is 2.54. The number of nitrogens with zero attached hydrogens (tertiary/aromatic N) is 1. The Hall–Kier alpha value is -2.21. The smallest absolute Gasteiger partial charge is 0.328 e. The number of ether oxygens (including phenoxy) is 1. The van der Waals surface area contributed by atoms with E-state index in [1.165, 1.54) is 13.3 Å². The van der Waals surface area contributed by atoms with Crippen molar-refractivity contribution in [3.8, 4) is 0 Å². The van der Waals surface area contributed by atoms with Crippen molar-refractivity contribution in [1.82, 2.24) is 10.3 Å². The number of methoxy groups -OCH3 is 1. The Kier molecular flexibility index (Phi) is 5.66. The highest BCUT2D eigenvalue weighted by molar-refractivity contribution is 9.10. The zero-order valence-corrected chi connectivity index (χ0v) is 13.5. The molecule has 2 aromatic rings. The van der Waals surface area contributed by atoms with Crippen LogP contribution in [0.1, 0.15) is 15.9 Å².